The van der Waals surface area contributed by atoms with Gasteiger partial charge in [0, 0.05) is 39.0 Å². The summed E-state index contributed by atoms with van der Waals surface area (Å²) in [6.07, 6.45) is 0. The van der Waals surface area contributed by atoms with Gasteiger partial charge in [0.2, 0.25) is 0 Å². The molecular formula is C15H26N2O2. The highest BCUT2D eigenvalue weighted by Crippen LogP contribution is 2.15. The van der Waals surface area contributed by atoms with E-state index in [-0.39, 0.29) is 0 Å². The monoisotopic (exact) mass is 266 g/mol. The lowest BCUT2D eigenvalue weighted by atomic mass is 10.1. The van der Waals surface area contributed by atoms with Crippen LogP contribution >= 0.6 is 0 Å². The number of hydrogen-bond donors (Lipinski definition) is 1. The van der Waals surface area contributed by atoms with Crippen LogP contribution < -0.4 is 5.73 Å². The van der Waals surface area contributed by atoms with E-state index in [4.69, 9.17) is 15.2 Å². The van der Waals surface area contributed by atoms with Gasteiger partial charge >= 0.3 is 0 Å². The zero-order chi connectivity index (χ0) is 14.3. The molecule has 0 bridgehead atoms. The van der Waals surface area contributed by atoms with E-state index >= 15 is 0 Å². The Bertz CT molecular complexity index is 382. The molecule has 0 spiro atoms. The summed E-state index contributed by atoms with van der Waals surface area (Å²) in [5.74, 6) is 0. The van der Waals surface area contributed by atoms with Crippen LogP contribution in [0.1, 0.15) is 18.1 Å². The van der Waals surface area contributed by atoms with Crippen molar-refractivity contribution in [3.05, 3.63) is 29.3 Å². The van der Waals surface area contributed by atoms with Crippen LogP contribution in [0, 0.1) is 6.92 Å². The number of benzene rings is 1. The van der Waals surface area contributed by atoms with Crippen LogP contribution in [0.5, 0.6) is 0 Å². The molecule has 0 aliphatic carbocycles. The molecule has 0 aliphatic heterocycles. The lowest BCUT2D eigenvalue weighted by Crippen LogP contribution is -2.38. The molecule has 0 saturated heterocycles. The number of rotatable bonds is 8. The molecule has 1 rings (SSSR count). The minimum atomic E-state index is 0.359. The normalized spacial score (nSPS) is 12.9. The number of methoxy groups -OCH3 is 2. The molecule has 0 heterocycles. The van der Waals surface area contributed by atoms with Gasteiger partial charge in [-0.15, -0.1) is 0 Å². The van der Waals surface area contributed by atoms with Crippen molar-refractivity contribution in [2.45, 2.75) is 26.4 Å². The van der Waals surface area contributed by atoms with Gasteiger partial charge in [-0.2, -0.15) is 0 Å². The van der Waals surface area contributed by atoms with Crippen molar-refractivity contribution >= 4 is 5.69 Å². The van der Waals surface area contributed by atoms with Crippen molar-refractivity contribution < 1.29 is 9.47 Å². The molecule has 1 unspecified atom stereocenters. The summed E-state index contributed by atoms with van der Waals surface area (Å²) in [6, 6.07) is 6.56. The molecular weight excluding hydrogens is 240 g/mol. The zero-order valence-corrected chi connectivity index (χ0v) is 12.5. The number of nitrogens with two attached hydrogens (primary N) is 1. The number of aryl methyl sites for hydroxylation is 1. The topological polar surface area (TPSA) is 47.7 Å². The summed E-state index contributed by atoms with van der Waals surface area (Å²) in [7, 11) is 3.46. The van der Waals surface area contributed by atoms with Crippen molar-refractivity contribution in [3.8, 4) is 0 Å². The van der Waals surface area contributed by atoms with Crippen molar-refractivity contribution in [3.63, 3.8) is 0 Å². The molecule has 4 nitrogen and oxygen atoms in total. The highest BCUT2D eigenvalue weighted by atomic mass is 16.5. The third-order valence-corrected chi connectivity index (χ3v) is 3.33. The number of nitrogen functional groups attached to an aromatic ring is 1. The van der Waals surface area contributed by atoms with Crippen molar-refractivity contribution in [2.75, 3.05) is 39.7 Å². The first kappa shape index (κ1) is 16.0. The fourth-order valence-electron chi connectivity index (χ4n) is 2.08. The molecule has 0 aliphatic rings. The number of anilines is 1. The second kappa shape index (κ2) is 8.15. The van der Waals surface area contributed by atoms with Crippen LogP contribution in [0.3, 0.4) is 0 Å². The Morgan fingerprint density at radius 2 is 2.00 bits per heavy atom. The molecule has 2 N–H and O–H groups in total. The fourth-order valence-corrected chi connectivity index (χ4v) is 2.08. The van der Waals surface area contributed by atoms with Gasteiger partial charge in [0.05, 0.1) is 13.2 Å². The second-order valence-corrected chi connectivity index (χ2v) is 4.96. The summed E-state index contributed by atoms with van der Waals surface area (Å²) >= 11 is 0. The van der Waals surface area contributed by atoms with Crippen molar-refractivity contribution in [2.24, 2.45) is 0 Å². The van der Waals surface area contributed by atoms with Gasteiger partial charge < -0.3 is 15.2 Å². The zero-order valence-electron chi connectivity index (χ0n) is 12.5. The van der Waals surface area contributed by atoms with Gasteiger partial charge in [-0.3, -0.25) is 4.90 Å². The molecule has 0 fully saturated rings. The van der Waals surface area contributed by atoms with E-state index in [9.17, 15) is 0 Å². The molecule has 1 atom stereocenters. The first-order chi connectivity index (χ1) is 9.08. The van der Waals surface area contributed by atoms with E-state index in [0.717, 1.165) is 37.6 Å². The van der Waals surface area contributed by atoms with Gasteiger partial charge in [-0.1, -0.05) is 12.1 Å². The van der Waals surface area contributed by atoms with Crippen LogP contribution in [0.25, 0.3) is 0 Å². The Hall–Kier alpha value is -1.10. The van der Waals surface area contributed by atoms with Gasteiger partial charge in [-0.25, -0.2) is 0 Å². The quantitative estimate of drug-likeness (QED) is 0.732. The number of hydrogen-bond acceptors (Lipinski definition) is 4. The Labute approximate surface area is 116 Å². The summed E-state index contributed by atoms with van der Waals surface area (Å²) in [5.41, 5.74) is 9.10. The van der Waals surface area contributed by atoms with E-state index < -0.39 is 0 Å². The molecule has 0 radical (unpaired) electrons. The van der Waals surface area contributed by atoms with E-state index in [2.05, 4.69) is 24.0 Å². The predicted octanol–water partition coefficient (Wildman–Crippen LogP) is 2.06. The van der Waals surface area contributed by atoms with Gasteiger partial charge in [0.15, 0.2) is 0 Å². The maximum atomic E-state index is 5.85. The van der Waals surface area contributed by atoms with Crippen LogP contribution in [0.4, 0.5) is 5.69 Å². The van der Waals surface area contributed by atoms with E-state index in [1.165, 1.54) is 5.56 Å². The SMILES string of the molecule is COCCN(Cc1ccc(N)c(C)c1)C(C)COC. The molecule has 108 valence electrons. The smallest absolute Gasteiger partial charge is 0.0615 e. The largest absolute Gasteiger partial charge is 0.399 e. The molecule has 0 saturated carbocycles. The average molecular weight is 266 g/mol. The lowest BCUT2D eigenvalue weighted by Gasteiger charge is -2.28. The van der Waals surface area contributed by atoms with Crippen LogP contribution in [0.15, 0.2) is 18.2 Å². The van der Waals surface area contributed by atoms with Gasteiger partial charge in [0.25, 0.3) is 0 Å². The number of nitrogens with zero attached hydrogens (tertiary/aromatic N) is 1. The number of ether oxygens (including phenoxy) is 2. The highest BCUT2D eigenvalue weighted by molar-refractivity contribution is 5.47. The highest BCUT2D eigenvalue weighted by Gasteiger charge is 2.14. The molecule has 0 amide bonds. The average Bonchev–Trinajstić information content (AvgIpc) is 2.39. The molecule has 0 aromatic heterocycles. The molecule has 1 aromatic carbocycles. The maximum Gasteiger partial charge on any atom is 0.0615 e. The lowest BCUT2D eigenvalue weighted by molar-refractivity contribution is 0.0705. The second-order valence-electron chi connectivity index (χ2n) is 4.96. The van der Waals surface area contributed by atoms with Crippen LogP contribution in [0.2, 0.25) is 0 Å². The van der Waals surface area contributed by atoms with E-state index in [1.54, 1.807) is 14.2 Å². The summed E-state index contributed by atoms with van der Waals surface area (Å²) < 4.78 is 10.4. The third kappa shape index (κ3) is 5.19. The Morgan fingerprint density at radius 1 is 1.26 bits per heavy atom. The van der Waals surface area contributed by atoms with E-state index in [1.807, 2.05) is 13.0 Å². The summed E-state index contributed by atoms with van der Waals surface area (Å²) in [4.78, 5) is 2.36. The maximum absolute atomic E-state index is 5.85. The third-order valence-electron chi connectivity index (χ3n) is 3.33. The molecule has 19 heavy (non-hydrogen) atoms. The summed E-state index contributed by atoms with van der Waals surface area (Å²) in [6.45, 7) is 7.43. The van der Waals surface area contributed by atoms with Gasteiger partial charge in [-0.05, 0) is 31.0 Å². The Balaban J connectivity index is 2.71. The van der Waals surface area contributed by atoms with Crippen molar-refractivity contribution in [1.82, 2.24) is 4.90 Å². The Morgan fingerprint density at radius 3 is 2.58 bits per heavy atom. The Kier molecular flexibility index (Phi) is 6.84. The first-order valence-corrected chi connectivity index (χ1v) is 6.65. The fraction of sp³-hybridized carbons (Fsp3) is 0.600. The van der Waals surface area contributed by atoms with Crippen LogP contribution in [-0.2, 0) is 16.0 Å². The van der Waals surface area contributed by atoms with Crippen molar-refractivity contribution in [1.29, 1.82) is 0 Å². The molecule has 1 aromatic rings. The first-order valence-electron chi connectivity index (χ1n) is 6.65. The van der Waals surface area contributed by atoms with Crippen LogP contribution in [-0.4, -0.2) is 44.9 Å². The van der Waals surface area contributed by atoms with E-state index in [0.29, 0.717) is 6.04 Å². The minimum Gasteiger partial charge on any atom is -0.399 e. The predicted molar refractivity (Wildman–Crippen MR) is 79.2 cm³/mol. The minimum absolute atomic E-state index is 0.359. The van der Waals surface area contributed by atoms with Gasteiger partial charge in [0.1, 0.15) is 0 Å². The summed E-state index contributed by atoms with van der Waals surface area (Å²) in [5, 5.41) is 0. The standard InChI is InChI=1S/C15H26N2O2/c1-12-9-14(5-6-15(12)16)10-17(7-8-18-3)13(2)11-19-4/h5-6,9,13H,7-8,10-11,16H2,1-4H3. The molecule has 4 heteroatoms.